The highest BCUT2D eigenvalue weighted by atomic mass is 35.5. The van der Waals surface area contributed by atoms with Crippen LogP contribution < -0.4 is 15.7 Å². The highest BCUT2D eigenvalue weighted by molar-refractivity contribution is 7.15. The molecule has 0 aliphatic carbocycles. The van der Waals surface area contributed by atoms with E-state index >= 15 is 0 Å². The first-order valence-corrected chi connectivity index (χ1v) is 6.92. The van der Waals surface area contributed by atoms with E-state index in [2.05, 4.69) is 10.1 Å². The van der Waals surface area contributed by atoms with Gasteiger partial charge in [-0.05, 0) is 24.6 Å². The fraction of sp³-hybridized carbons (Fsp3) is 0.0769. The summed E-state index contributed by atoms with van der Waals surface area (Å²) in [5, 5.41) is 4.50. The second-order valence-electron chi connectivity index (χ2n) is 4.13. The summed E-state index contributed by atoms with van der Waals surface area (Å²) in [4.78, 5) is 27.8. The van der Waals surface area contributed by atoms with E-state index in [0.29, 0.717) is 9.55 Å². The maximum Gasteiger partial charge on any atom is 0.295 e. The molecule has 0 N–H and O–H groups in total. The molecule has 5 nitrogen and oxygen atoms in total. The maximum atomic E-state index is 12.2. The van der Waals surface area contributed by atoms with Crippen LogP contribution in [0.5, 0.6) is 0 Å². The Kier molecular flexibility index (Phi) is 3.11. The number of thiazole rings is 1. The molecular weight excluding hydrogens is 298 g/mol. The van der Waals surface area contributed by atoms with Crippen molar-refractivity contribution in [3.8, 4) is 0 Å². The fourth-order valence-electron chi connectivity index (χ4n) is 1.72. The van der Waals surface area contributed by atoms with Gasteiger partial charge in [0.1, 0.15) is 5.69 Å². The number of halogens is 1. The average Bonchev–Trinajstić information content (AvgIpc) is 2.70. The van der Waals surface area contributed by atoms with Crippen molar-refractivity contribution in [1.29, 1.82) is 0 Å². The molecule has 0 bridgehead atoms. The van der Waals surface area contributed by atoms with Gasteiger partial charge in [-0.25, -0.2) is 0 Å². The lowest BCUT2D eigenvalue weighted by molar-refractivity contribution is 0.833. The van der Waals surface area contributed by atoms with Crippen LogP contribution in [0.3, 0.4) is 0 Å². The Morgan fingerprint density at radius 3 is 2.80 bits per heavy atom. The predicted octanol–water partition coefficient (Wildman–Crippen LogP) is 1.02. The van der Waals surface area contributed by atoms with Crippen LogP contribution in [0, 0.1) is 6.92 Å². The summed E-state index contributed by atoms with van der Waals surface area (Å²) in [5.74, 6) is 0. The van der Waals surface area contributed by atoms with Gasteiger partial charge in [0.25, 0.3) is 11.1 Å². The molecule has 2 heterocycles. The third kappa shape index (κ3) is 2.13. The lowest BCUT2D eigenvalue weighted by atomic mass is 10.2. The molecule has 0 saturated heterocycles. The number of benzene rings is 1. The number of aromatic nitrogens is 3. The second kappa shape index (κ2) is 4.81. The predicted molar refractivity (Wildman–Crippen MR) is 78.4 cm³/mol. The number of aryl methyl sites for hydroxylation is 1. The van der Waals surface area contributed by atoms with Gasteiger partial charge >= 0.3 is 0 Å². The molecule has 0 spiro atoms. The molecule has 0 unspecified atom stereocenters. The van der Waals surface area contributed by atoms with E-state index in [1.807, 2.05) is 18.2 Å². The topological polar surface area (TPSA) is 64.3 Å². The lowest BCUT2D eigenvalue weighted by Gasteiger charge is -1.94. The summed E-state index contributed by atoms with van der Waals surface area (Å²) in [6.45, 7) is 1.52. The first-order chi connectivity index (χ1) is 9.56. The van der Waals surface area contributed by atoms with Crippen LogP contribution in [0.25, 0.3) is 11.0 Å². The van der Waals surface area contributed by atoms with Gasteiger partial charge in [0, 0.05) is 5.02 Å². The van der Waals surface area contributed by atoms with Crippen molar-refractivity contribution in [2.75, 3.05) is 0 Å². The molecule has 0 aliphatic rings. The van der Waals surface area contributed by atoms with Crippen LogP contribution in [0.1, 0.15) is 11.3 Å². The standard InChI is InChI=1S/C13H8ClN3O2S/c1-7-11(18)15-13-17(16-7)12(19)10(20-13)6-8-4-2-3-5-9(8)14/h2-6H,1H3. The molecule has 0 fully saturated rings. The minimum Gasteiger partial charge on any atom is -0.266 e. The van der Waals surface area contributed by atoms with Gasteiger partial charge in [0.2, 0.25) is 4.96 Å². The largest absolute Gasteiger partial charge is 0.295 e. The number of rotatable bonds is 1. The molecule has 0 aliphatic heterocycles. The van der Waals surface area contributed by atoms with E-state index in [-0.39, 0.29) is 16.2 Å². The number of hydrogen-bond donors (Lipinski definition) is 0. The normalized spacial score (nSPS) is 12.2. The van der Waals surface area contributed by atoms with Crippen molar-refractivity contribution in [1.82, 2.24) is 14.6 Å². The molecule has 0 saturated carbocycles. The number of fused-ring (bicyclic) bond motifs is 1. The van der Waals surface area contributed by atoms with E-state index in [9.17, 15) is 9.59 Å². The van der Waals surface area contributed by atoms with Gasteiger partial charge in [-0.15, -0.1) is 0 Å². The Bertz CT molecular complexity index is 977. The minimum atomic E-state index is -0.421. The van der Waals surface area contributed by atoms with E-state index in [1.165, 1.54) is 6.92 Å². The first kappa shape index (κ1) is 13.0. The van der Waals surface area contributed by atoms with Gasteiger partial charge in [-0.3, -0.25) is 9.59 Å². The van der Waals surface area contributed by atoms with Gasteiger partial charge in [0.15, 0.2) is 0 Å². The maximum absolute atomic E-state index is 12.2. The Hall–Kier alpha value is -2.05. The smallest absolute Gasteiger partial charge is 0.266 e. The van der Waals surface area contributed by atoms with Crippen LogP contribution in [0.4, 0.5) is 0 Å². The Morgan fingerprint density at radius 1 is 1.30 bits per heavy atom. The highest BCUT2D eigenvalue weighted by Crippen LogP contribution is 2.15. The quantitative estimate of drug-likeness (QED) is 0.673. The molecule has 100 valence electrons. The summed E-state index contributed by atoms with van der Waals surface area (Å²) in [6.07, 6.45) is 1.67. The zero-order valence-electron chi connectivity index (χ0n) is 10.3. The van der Waals surface area contributed by atoms with Crippen molar-refractivity contribution >= 4 is 34.0 Å². The van der Waals surface area contributed by atoms with Crippen molar-refractivity contribution in [3.05, 3.63) is 65.8 Å². The summed E-state index contributed by atoms with van der Waals surface area (Å²) in [5.41, 5.74) is 0.204. The number of hydrogen-bond acceptors (Lipinski definition) is 5. The van der Waals surface area contributed by atoms with Crippen LogP contribution in [-0.4, -0.2) is 14.6 Å². The van der Waals surface area contributed by atoms with E-state index in [1.54, 1.807) is 12.1 Å². The van der Waals surface area contributed by atoms with Gasteiger partial charge < -0.3 is 0 Å². The SMILES string of the molecule is Cc1nn2c(=O)c(=Cc3ccccc3Cl)sc2nc1=O. The van der Waals surface area contributed by atoms with Gasteiger partial charge in [0.05, 0.1) is 4.53 Å². The second-order valence-corrected chi connectivity index (χ2v) is 5.55. The summed E-state index contributed by atoms with van der Waals surface area (Å²) in [6, 6.07) is 7.20. The van der Waals surface area contributed by atoms with Crippen LogP contribution >= 0.6 is 22.9 Å². The molecule has 1 aromatic carbocycles. The van der Waals surface area contributed by atoms with Crippen molar-refractivity contribution in [2.45, 2.75) is 6.92 Å². The Morgan fingerprint density at radius 2 is 2.05 bits per heavy atom. The molecular formula is C13H8ClN3O2S. The van der Waals surface area contributed by atoms with Gasteiger partial charge in [-0.2, -0.15) is 14.6 Å². The molecule has 3 rings (SSSR count). The van der Waals surface area contributed by atoms with Crippen LogP contribution in [0.15, 0.2) is 33.9 Å². The zero-order valence-corrected chi connectivity index (χ0v) is 11.9. The third-order valence-corrected chi connectivity index (χ3v) is 4.04. The molecule has 3 aromatic rings. The van der Waals surface area contributed by atoms with Crippen molar-refractivity contribution in [3.63, 3.8) is 0 Å². The highest BCUT2D eigenvalue weighted by Gasteiger charge is 2.08. The van der Waals surface area contributed by atoms with E-state index in [0.717, 1.165) is 21.4 Å². The Balaban J connectivity index is 2.34. The average molecular weight is 306 g/mol. The van der Waals surface area contributed by atoms with Crippen LogP contribution in [-0.2, 0) is 0 Å². The van der Waals surface area contributed by atoms with Crippen LogP contribution in [0.2, 0.25) is 5.02 Å². The van der Waals surface area contributed by atoms with E-state index in [4.69, 9.17) is 11.6 Å². The zero-order chi connectivity index (χ0) is 14.3. The summed E-state index contributed by atoms with van der Waals surface area (Å²) < 4.78 is 1.58. The van der Waals surface area contributed by atoms with Crippen molar-refractivity contribution in [2.24, 2.45) is 0 Å². The fourth-order valence-corrected chi connectivity index (χ4v) is 2.81. The lowest BCUT2D eigenvalue weighted by Crippen LogP contribution is -2.27. The molecule has 0 radical (unpaired) electrons. The van der Waals surface area contributed by atoms with E-state index < -0.39 is 5.56 Å². The monoisotopic (exact) mass is 305 g/mol. The third-order valence-electron chi connectivity index (χ3n) is 2.73. The molecule has 0 amide bonds. The summed E-state index contributed by atoms with van der Waals surface area (Å²) >= 11 is 7.17. The Labute approximate surface area is 121 Å². The minimum absolute atomic E-state index is 0.196. The van der Waals surface area contributed by atoms with Crippen molar-refractivity contribution < 1.29 is 0 Å². The summed E-state index contributed by atoms with van der Waals surface area (Å²) in [7, 11) is 0. The molecule has 0 atom stereocenters. The molecule has 7 heteroatoms. The number of nitrogens with zero attached hydrogens (tertiary/aromatic N) is 3. The molecule has 20 heavy (non-hydrogen) atoms. The molecule has 2 aromatic heterocycles. The van der Waals surface area contributed by atoms with Gasteiger partial charge in [-0.1, -0.05) is 41.1 Å². The first-order valence-electron chi connectivity index (χ1n) is 5.73.